The number of hydrogen-bond acceptors (Lipinski definition) is 2. The molecule has 1 rings (SSSR count). The molecule has 0 heterocycles. The average molecular weight is 249 g/mol. The fourth-order valence-corrected chi connectivity index (χ4v) is 2.31. The maximum absolute atomic E-state index is 10.5. The monoisotopic (exact) mass is 249 g/mol. The predicted octanol–water partition coefficient (Wildman–Crippen LogP) is 3.38. The number of unbranched alkanes of at least 4 members (excludes halogenated alkanes) is 1. The Morgan fingerprint density at radius 2 is 1.83 bits per heavy atom. The molecule has 0 saturated carbocycles. The number of anilines is 1. The molecule has 0 aliphatic carbocycles. The first kappa shape index (κ1) is 14.6. The topological polar surface area (TPSA) is 40.5 Å². The first-order valence-electron chi connectivity index (χ1n) is 6.59. The van der Waals surface area contributed by atoms with Crippen LogP contribution >= 0.6 is 0 Å². The molecule has 0 saturated heterocycles. The highest BCUT2D eigenvalue weighted by Gasteiger charge is 2.09. The van der Waals surface area contributed by atoms with Crippen LogP contribution in [0.15, 0.2) is 18.2 Å². The number of benzene rings is 1. The van der Waals surface area contributed by atoms with E-state index in [1.54, 1.807) is 0 Å². The molecule has 0 aliphatic heterocycles. The maximum Gasteiger partial charge on any atom is 0.303 e. The molecule has 1 aromatic carbocycles. The Morgan fingerprint density at radius 1 is 1.22 bits per heavy atom. The summed E-state index contributed by atoms with van der Waals surface area (Å²) in [6, 6.07) is 6.33. The Balaban J connectivity index is 2.63. The molecule has 3 heteroatoms. The average Bonchev–Trinajstić information content (AvgIpc) is 2.31. The number of carbonyl (C=O) groups is 1. The third-order valence-electron chi connectivity index (χ3n) is 3.21. The van der Waals surface area contributed by atoms with Crippen LogP contribution in [0.5, 0.6) is 0 Å². The third kappa shape index (κ3) is 4.06. The lowest BCUT2D eigenvalue weighted by Gasteiger charge is -2.26. The van der Waals surface area contributed by atoms with Gasteiger partial charge in [-0.15, -0.1) is 0 Å². The lowest BCUT2D eigenvalue weighted by atomic mass is 10.1. The quantitative estimate of drug-likeness (QED) is 0.753. The van der Waals surface area contributed by atoms with Crippen molar-refractivity contribution >= 4 is 11.7 Å². The summed E-state index contributed by atoms with van der Waals surface area (Å²) in [6.45, 7) is 8.28. The first-order valence-corrected chi connectivity index (χ1v) is 6.59. The maximum atomic E-state index is 10.5. The second-order valence-electron chi connectivity index (χ2n) is 4.67. The van der Waals surface area contributed by atoms with Gasteiger partial charge in [0.1, 0.15) is 0 Å². The fraction of sp³-hybridized carbons (Fsp3) is 0.533. The highest BCUT2D eigenvalue weighted by molar-refractivity contribution is 5.66. The van der Waals surface area contributed by atoms with E-state index in [1.807, 2.05) is 0 Å². The van der Waals surface area contributed by atoms with Crippen molar-refractivity contribution < 1.29 is 9.90 Å². The van der Waals surface area contributed by atoms with Crippen LogP contribution in [0.1, 0.15) is 37.3 Å². The van der Waals surface area contributed by atoms with Gasteiger partial charge < -0.3 is 10.0 Å². The second kappa shape index (κ2) is 7.04. The fourth-order valence-electron chi connectivity index (χ4n) is 2.31. The number of carboxylic acids is 1. The normalized spacial score (nSPS) is 10.4. The van der Waals surface area contributed by atoms with Gasteiger partial charge in [-0.2, -0.15) is 0 Å². The minimum Gasteiger partial charge on any atom is -0.481 e. The van der Waals surface area contributed by atoms with Crippen molar-refractivity contribution in [3.8, 4) is 0 Å². The summed E-state index contributed by atoms with van der Waals surface area (Å²) in [5.74, 6) is -0.704. The van der Waals surface area contributed by atoms with E-state index in [1.165, 1.54) is 16.8 Å². The minimum absolute atomic E-state index is 0.268. The van der Waals surface area contributed by atoms with Crippen LogP contribution in [-0.4, -0.2) is 24.2 Å². The van der Waals surface area contributed by atoms with Crippen molar-refractivity contribution in [2.75, 3.05) is 18.0 Å². The molecule has 1 N–H and O–H groups in total. The zero-order valence-electron chi connectivity index (χ0n) is 11.6. The largest absolute Gasteiger partial charge is 0.481 e. The Morgan fingerprint density at radius 3 is 2.33 bits per heavy atom. The summed E-state index contributed by atoms with van der Waals surface area (Å²) >= 11 is 0. The molecular weight excluding hydrogens is 226 g/mol. The van der Waals surface area contributed by atoms with Gasteiger partial charge in [0.05, 0.1) is 0 Å². The predicted molar refractivity (Wildman–Crippen MR) is 75.3 cm³/mol. The molecule has 0 atom stereocenters. The molecule has 18 heavy (non-hydrogen) atoms. The van der Waals surface area contributed by atoms with E-state index in [-0.39, 0.29) is 6.42 Å². The third-order valence-corrected chi connectivity index (χ3v) is 3.21. The van der Waals surface area contributed by atoms with Crippen molar-refractivity contribution in [3.05, 3.63) is 29.3 Å². The van der Waals surface area contributed by atoms with Gasteiger partial charge in [-0.05, 0) is 44.7 Å². The Labute approximate surface area is 109 Å². The van der Waals surface area contributed by atoms with Crippen molar-refractivity contribution in [1.82, 2.24) is 0 Å². The van der Waals surface area contributed by atoms with Crippen LogP contribution in [-0.2, 0) is 4.79 Å². The molecule has 0 fully saturated rings. The van der Waals surface area contributed by atoms with Crippen LogP contribution in [0, 0.1) is 13.8 Å². The van der Waals surface area contributed by atoms with Crippen molar-refractivity contribution in [2.24, 2.45) is 0 Å². The van der Waals surface area contributed by atoms with Crippen LogP contribution < -0.4 is 4.90 Å². The summed E-state index contributed by atoms with van der Waals surface area (Å²) in [4.78, 5) is 12.8. The smallest absolute Gasteiger partial charge is 0.303 e. The van der Waals surface area contributed by atoms with Gasteiger partial charge in [-0.1, -0.05) is 18.2 Å². The molecule has 1 aromatic rings. The van der Waals surface area contributed by atoms with E-state index in [2.05, 4.69) is 43.9 Å². The van der Waals surface area contributed by atoms with Gasteiger partial charge in [-0.3, -0.25) is 4.79 Å². The highest BCUT2D eigenvalue weighted by Crippen LogP contribution is 2.24. The number of nitrogens with zero attached hydrogens (tertiary/aromatic N) is 1. The molecule has 0 aromatic heterocycles. The summed E-state index contributed by atoms with van der Waals surface area (Å²) in [6.07, 6.45) is 1.94. The number of para-hydroxylation sites is 1. The van der Waals surface area contributed by atoms with Crippen molar-refractivity contribution in [2.45, 2.75) is 40.0 Å². The lowest BCUT2D eigenvalue weighted by Crippen LogP contribution is -2.25. The molecule has 0 bridgehead atoms. The second-order valence-corrected chi connectivity index (χ2v) is 4.67. The van der Waals surface area contributed by atoms with E-state index < -0.39 is 5.97 Å². The van der Waals surface area contributed by atoms with Crippen LogP contribution in [0.4, 0.5) is 5.69 Å². The van der Waals surface area contributed by atoms with E-state index in [0.29, 0.717) is 0 Å². The van der Waals surface area contributed by atoms with Gasteiger partial charge in [0.2, 0.25) is 0 Å². The lowest BCUT2D eigenvalue weighted by molar-refractivity contribution is -0.137. The molecule has 0 unspecified atom stereocenters. The Hall–Kier alpha value is -1.51. The number of aliphatic carboxylic acids is 1. The molecular formula is C15H23NO2. The number of rotatable bonds is 7. The Bertz CT molecular complexity index is 381. The minimum atomic E-state index is -0.704. The van der Waals surface area contributed by atoms with Gasteiger partial charge in [-0.25, -0.2) is 0 Å². The van der Waals surface area contributed by atoms with Crippen LogP contribution in [0.3, 0.4) is 0 Å². The summed E-state index contributed by atoms with van der Waals surface area (Å²) < 4.78 is 0. The molecule has 0 amide bonds. The number of hydrogen-bond donors (Lipinski definition) is 1. The first-order chi connectivity index (χ1) is 8.56. The van der Waals surface area contributed by atoms with Gasteiger partial charge >= 0.3 is 5.97 Å². The van der Waals surface area contributed by atoms with Gasteiger partial charge in [0, 0.05) is 25.2 Å². The van der Waals surface area contributed by atoms with Crippen molar-refractivity contribution in [1.29, 1.82) is 0 Å². The Kier molecular flexibility index (Phi) is 5.69. The summed E-state index contributed by atoms with van der Waals surface area (Å²) in [5.41, 5.74) is 3.88. The summed E-state index contributed by atoms with van der Waals surface area (Å²) in [5, 5.41) is 8.63. The van der Waals surface area contributed by atoms with Crippen molar-refractivity contribution in [3.63, 3.8) is 0 Å². The van der Waals surface area contributed by atoms with E-state index in [0.717, 1.165) is 25.9 Å². The number of carboxylic acid groups (broad SMARTS) is 1. The molecule has 0 aliphatic rings. The van der Waals surface area contributed by atoms with E-state index in [4.69, 9.17) is 5.11 Å². The number of aryl methyl sites for hydroxylation is 2. The molecule has 0 spiro atoms. The van der Waals surface area contributed by atoms with Crippen LogP contribution in [0.25, 0.3) is 0 Å². The molecule has 100 valence electrons. The summed E-state index contributed by atoms with van der Waals surface area (Å²) in [7, 11) is 0. The van der Waals surface area contributed by atoms with E-state index in [9.17, 15) is 4.79 Å². The van der Waals surface area contributed by atoms with E-state index >= 15 is 0 Å². The highest BCUT2D eigenvalue weighted by atomic mass is 16.4. The van der Waals surface area contributed by atoms with Gasteiger partial charge in [0.15, 0.2) is 0 Å². The standard InChI is InChI=1S/C15H23NO2/c1-4-16(11-6-5-10-14(17)18)15-12(2)8-7-9-13(15)3/h7-9H,4-6,10-11H2,1-3H3,(H,17,18). The molecule has 0 radical (unpaired) electrons. The van der Waals surface area contributed by atoms with Crippen LogP contribution in [0.2, 0.25) is 0 Å². The SMILES string of the molecule is CCN(CCCCC(=O)O)c1c(C)cccc1C. The zero-order valence-corrected chi connectivity index (χ0v) is 11.6. The zero-order chi connectivity index (χ0) is 13.5. The van der Waals surface area contributed by atoms with Gasteiger partial charge in [0.25, 0.3) is 0 Å². The molecule has 3 nitrogen and oxygen atoms in total.